The number of likely N-dealkylation sites (tertiary alicyclic amines) is 1. The Balaban J connectivity index is 1.44. The van der Waals surface area contributed by atoms with Crippen LogP contribution in [-0.2, 0) is 12.7 Å². The molecule has 3 aromatic carbocycles. The first kappa shape index (κ1) is 25.2. The third-order valence-electron chi connectivity index (χ3n) is 7.18. The molecule has 1 fully saturated rings. The maximum Gasteiger partial charge on any atom is 0.417 e. The van der Waals surface area contributed by atoms with Crippen LogP contribution >= 0.6 is 0 Å². The van der Waals surface area contributed by atoms with Crippen LogP contribution in [0.2, 0.25) is 0 Å². The number of benzene rings is 3. The lowest BCUT2D eigenvalue weighted by Crippen LogP contribution is -2.33. The predicted molar refractivity (Wildman–Crippen MR) is 140 cm³/mol. The van der Waals surface area contributed by atoms with Crippen LogP contribution in [0, 0.1) is 6.92 Å². The molecule has 1 aliphatic rings. The van der Waals surface area contributed by atoms with Crippen molar-refractivity contribution in [2.45, 2.75) is 38.9 Å². The number of alkyl halides is 3. The van der Waals surface area contributed by atoms with E-state index in [0.29, 0.717) is 24.4 Å². The summed E-state index contributed by atoms with van der Waals surface area (Å²) in [5, 5.41) is 10.8. The molecule has 37 heavy (non-hydrogen) atoms. The van der Waals surface area contributed by atoms with Gasteiger partial charge in [0.1, 0.15) is 18.1 Å². The number of halogens is 3. The third-order valence-corrected chi connectivity index (χ3v) is 7.18. The van der Waals surface area contributed by atoms with Crippen molar-refractivity contribution in [1.29, 1.82) is 0 Å². The van der Waals surface area contributed by atoms with Gasteiger partial charge in [-0.15, -0.1) is 0 Å². The molecule has 5 rings (SSSR count). The van der Waals surface area contributed by atoms with E-state index in [2.05, 4.69) is 4.90 Å². The van der Waals surface area contributed by atoms with Crippen LogP contribution in [0.5, 0.6) is 11.5 Å². The molecule has 0 saturated carbocycles. The lowest BCUT2D eigenvalue weighted by molar-refractivity contribution is -0.137. The fourth-order valence-corrected chi connectivity index (χ4v) is 5.31. The highest BCUT2D eigenvalue weighted by atomic mass is 19.4. The molecule has 0 radical (unpaired) electrons. The van der Waals surface area contributed by atoms with Gasteiger partial charge < -0.3 is 14.4 Å². The van der Waals surface area contributed by atoms with Gasteiger partial charge in [0.15, 0.2) is 0 Å². The normalized spacial score (nSPS) is 14.8. The van der Waals surface area contributed by atoms with E-state index in [4.69, 9.17) is 4.74 Å². The number of aryl methyl sites for hydroxylation is 1. The summed E-state index contributed by atoms with van der Waals surface area (Å²) in [7, 11) is 0. The van der Waals surface area contributed by atoms with Gasteiger partial charge in [0.25, 0.3) is 0 Å². The number of nitrogens with zero attached hydrogens (tertiary/aromatic N) is 2. The number of rotatable bonds is 7. The molecule has 2 heterocycles. The predicted octanol–water partition coefficient (Wildman–Crippen LogP) is 7.25. The second-order valence-electron chi connectivity index (χ2n) is 9.70. The van der Waals surface area contributed by atoms with E-state index in [0.717, 1.165) is 47.9 Å². The number of aromatic hydroxyl groups is 1. The van der Waals surface area contributed by atoms with Gasteiger partial charge >= 0.3 is 6.18 Å². The summed E-state index contributed by atoms with van der Waals surface area (Å²) in [5.74, 6) is 0.858. The molecule has 0 amide bonds. The van der Waals surface area contributed by atoms with E-state index in [1.807, 2.05) is 28.8 Å². The molecular formula is C30H31F3N2O2. The fourth-order valence-electron chi connectivity index (χ4n) is 5.31. The highest BCUT2D eigenvalue weighted by Crippen LogP contribution is 2.42. The van der Waals surface area contributed by atoms with E-state index in [1.165, 1.54) is 31.4 Å². The highest BCUT2D eigenvalue weighted by Gasteiger charge is 2.34. The van der Waals surface area contributed by atoms with Crippen LogP contribution in [0.3, 0.4) is 0 Å². The first-order valence-corrected chi connectivity index (χ1v) is 12.7. The van der Waals surface area contributed by atoms with E-state index in [9.17, 15) is 18.3 Å². The summed E-state index contributed by atoms with van der Waals surface area (Å²) >= 11 is 0. The van der Waals surface area contributed by atoms with Gasteiger partial charge in [-0.25, -0.2) is 0 Å². The van der Waals surface area contributed by atoms with Crippen molar-refractivity contribution in [2.24, 2.45) is 0 Å². The number of hydrogen-bond acceptors (Lipinski definition) is 3. The number of hydrogen-bond donors (Lipinski definition) is 1. The Labute approximate surface area is 214 Å². The molecule has 4 nitrogen and oxygen atoms in total. The molecule has 0 bridgehead atoms. The second kappa shape index (κ2) is 10.5. The Kier molecular flexibility index (Phi) is 7.15. The van der Waals surface area contributed by atoms with Crippen LogP contribution in [0.25, 0.3) is 22.2 Å². The Hall–Kier alpha value is -3.45. The summed E-state index contributed by atoms with van der Waals surface area (Å²) in [6.45, 7) is 5.98. The SMILES string of the molecule is Cc1c(-c2ccccc2C(F)(F)F)n(Cc2ccc(OCCN3CCCCC3)cc2)c2ccc(O)cc12. The number of aromatic nitrogens is 1. The zero-order chi connectivity index (χ0) is 26.0. The summed E-state index contributed by atoms with van der Waals surface area (Å²) in [5.41, 5.74) is 2.35. The Bertz CT molecular complexity index is 1370. The van der Waals surface area contributed by atoms with E-state index in [-0.39, 0.29) is 11.3 Å². The van der Waals surface area contributed by atoms with Crippen molar-refractivity contribution < 1.29 is 23.0 Å². The Morgan fingerprint density at radius 3 is 2.38 bits per heavy atom. The monoisotopic (exact) mass is 508 g/mol. The molecule has 0 unspecified atom stereocenters. The van der Waals surface area contributed by atoms with E-state index in [1.54, 1.807) is 31.2 Å². The lowest BCUT2D eigenvalue weighted by atomic mass is 10.0. The summed E-state index contributed by atoms with van der Waals surface area (Å²) < 4.78 is 49.7. The van der Waals surface area contributed by atoms with Gasteiger partial charge in [-0.3, -0.25) is 4.90 Å². The molecule has 1 aliphatic heterocycles. The minimum atomic E-state index is -4.49. The molecule has 0 aliphatic carbocycles. The molecule has 4 aromatic rings. The van der Waals surface area contributed by atoms with Crippen molar-refractivity contribution in [3.63, 3.8) is 0 Å². The average molecular weight is 509 g/mol. The van der Waals surface area contributed by atoms with Gasteiger partial charge in [-0.05, 0) is 80.4 Å². The van der Waals surface area contributed by atoms with E-state index < -0.39 is 11.7 Å². The average Bonchev–Trinajstić information content (AvgIpc) is 3.15. The van der Waals surface area contributed by atoms with Crippen LogP contribution in [0.1, 0.15) is 36.0 Å². The largest absolute Gasteiger partial charge is 0.508 e. The molecule has 0 spiro atoms. The van der Waals surface area contributed by atoms with Crippen LogP contribution < -0.4 is 4.74 Å². The zero-order valence-electron chi connectivity index (χ0n) is 20.9. The standard InChI is InChI=1S/C30H31F3N2O2/c1-21-26-19-23(36)11-14-28(26)35(29(21)25-7-3-4-8-27(25)30(31,32)33)20-22-9-12-24(13-10-22)37-18-17-34-15-5-2-6-16-34/h3-4,7-14,19,36H,2,5-6,15-18,20H2,1H3. The maximum absolute atomic E-state index is 13.9. The maximum atomic E-state index is 13.9. The number of ether oxygens (including phenoxy) is 1. The van der Waals surface area contributed by atoms with Crippen molar-refractivity contribution in [1.82, 2.24) is 9.47 Å². The lowest BCUT2D eigenvalue weighted by Gasteiger charge is -2.26. The molecule has 1 saturated heterocycles. The number of piperidine rings is 1. The van der Waals surface area contributed by atoms with Crippen molar-refractivity contribution in [3.05, 3.63) is 83.4 Å². The van der Waals surface area contributed by atoms with E-state index >= 15 is 0 Å². The summed E-state index contributed by atoms with van der Waals surface area (Å²) in [6.07, 6.45) is -0.687. The smallest absolute Gasteiger partial charge is 0.417 e. The van der Waals surface area contributed by atoms with Gasteiger partial charge in [0.2, 0.25) is 0 Å². The van der Waals surface area contributed by atoms with Gasteiger partial charge in [-0.1, -0.05) is 36.8 Å². The summed E-state index contributed by atoms with van der Waals surface area (Å²) in [6, 6.07) is 18.3. The van der Waals surface area contributed by atoms with Crippen molar-refractivity contribution >= 4 is 10.9 Å². The van der Waals surface area contributed by atoms with Crippen molar-refractivity contribution in [3.8, 4) is 22.8 Å². The molecular weight excluding hydrogens is 477 g/mol. The first-order chi connectivity index (χ1) is 17.8. The molecule has 1 aromatic heterocycles. The van der Waals surface area contributed by atoms with Crippen molar-refractivity contribution in [2.75, 3.05) is 26.2 Å². The zero-order valence-corrected chi connectivity index (χ0v) is 20.9. The Morgan fingerprint density at radius 2 is 1.65 bits per heavy atom. The van der Waals surface area contributed by atoms with Crippen LogP contribution in [-0.4, -0.2) is 40.8 Å². The number of phenols is 1. The van der Waals surface area contributed by atoms with Gasteiger partial charge in [-0.2, -0.15) is 13.2 Å². The second-order valence-corrected chi connectivity index (χ2v) is 9.70. The Morgan fingerprint density at radius 1 is 0.919 bits per heavy atom. The van der Waals surface area contributed by atoms with Crippen LogP contribution in [0.4, 0.5) is 13.2 Å². The fraction of sp³-hybridized carbons (Fsp3) is 0.333. The topological polar surface area (TPSA) is 37.6 Å². The number of fused-ring (bicyclic) bond motifs is 1. The quantitative estimate of drug-likeness (QED) is 0.286. The summed E-state index contributed by atoms with van der Waals surface area (Å²) in [4.78, 5) is 2.43. The van der Waals surface area contributed by atoms with Gasteiger partial charge in [0, 0.05) is 29.6 Å². The minimum absolute atomic E-state index is 0.0782. The minimum Gasteiger partial charge on any atom is -0.508 e. The number of phenolic OH excluding ortho intramolecular Hbond substituents is 1. The highest BCUT2D eigenvalue weighted by molar-refractivity contribution is 5.93. The molecule has 7 heteroatoms. The molecule has 1 N–H and O–H groups in total. The molecule has 0 atom stereocenters. The first-order valence-electron chi connectivity index (χ1n) is 12.7. The third kappa shape index (κ3) is 5.47. The molecule has 194 valence electrons. The van der Waals surface area contributed by atoms with Crippen LogP contribution in [0.15, 0.2) is 66.7 Å². The van der Waals surface area contributed by atoms with Gasteiger partial charge in [0.05, 0.1) is 11.3 Å².